The van der Waals surface area contributed by atoms with Gasteiger partial charge in [-0.2, -0.15) is 0 Å². The lowest BCUT2D eigenvalue weighted by molar-refractivity contribution is -0.142. The number of halogens is 1. The molecule has 1 aromatic rings. The Morgan fingerprint density at radius 3 is 2.63 bits per heavy atom. The smallest absolute Gasteiger partial charge is 0.267 e. The lowest BCUT2D eigenvalue weighted by Crippen LogP contribution is -2.47. The minimum atomic E-state index is -0.992. The molecule has 4 nitrogen and oxygen atoms in total. The predicted octanol–water partition coefficient (Wildman–Crippen LogP) is 2.23. The Bertz CT molecular complexity index is 511. The maximum atomic E-state index is 12.9. The van der Waals surface area contributed by atoms with Gasteiger partial charge in [-0.05, 0) is 38.5 Å². The maximum absolute atomic E-state index is 12.9. The zero-order valence-corrected chi connectivity index (χ0v) is 11.2. The van der Waals surface area contributed by atoms with Crippen LogP contribution >= 0.6 is 0 Å². The molecule has 0 saturated carbocycles. The molecule has 19 heavy (non-hydrogen) atoms. The van der Waals surface area contributed by atoms with Gasteiger partial charge in [-0.15, -0.1) is 0 Å². The van der Waals surface area contributed by atoms with Crippen molar-refractivity contribution < 1.29 is 14.0 Å². The van der Waals surface area contributed by atoms with E-state index in [0.29, 0.717) is 12.1 Å². The number of nitrogens with one attached hydrogen (secondary N) is 1. The van der Waals surface area contributed by atoms with E-state index in [4.69, 9.17) is 4.84 Å². The van der Waals surface area contributed by atoms with Crippen molar-refractivity contribution in [1.29, 1.82) is 0 Å². The monoisotopic (exact) mass is 264 g/mol. The van der Waals surface area contributed by atoms with Gasteiger partial charge in [-0.1, -0.05) is 17.3 Å². The zero-order valence-electron chi connectivity index (χ0n) is 11.2. The third kappa shape index (κ3) is 2.92. The minimum absolute atomic E-state index is 0.0443. The largest absolute Gasteiger partial charge is 0.379 e. The van der Waals surface area contributed by atoms with Gasteiger partial charge < -0.3 is 10.2 Å². The molecular weight excluding hydrogens is 247 g/mol. The van der Waals surface area contributed by atoms with Gasteiger partial charge in [-0.3, -0.25) is 4.79 Å². The van der Waals surface area contributed by atoms with E-state index in [1.54, 1.807) is 19.1 Å². The number of carbonyl (C=O) groups is 1. The summed E-state index contributed by atoms with van der Waals surface area (Å²) in [4.78, 5) is 17.3. The van der Waals surface area contributed by atoms with Gasteiger partial charge in [0.2, 0.25) is 5.60 Å². The van der Waals surface area contributed by atoms with Crippen LogP contribution in [0.25, 0.3) is 0 Å². The molecule has 0 aliphatic carbocycles. The van der Waals surface area contributed by atoms with Crippen molar-refractivity contribution in [3.63, 3.8) is 0 Å². The van der Waals surface area contributed by atoms with Crippen molar-refractivity contribution in [2.45, 2.75) is 38.8 Å². The highest BCUT2D eigenvalue weighted by Gasteiger charge is 2.42. The van der Waals surface area contributed by atoms with E-state index in [1.165, 1.54) is 12.1 Å². The van der Waals surface area contributed by atoms with E-state index in [1.807, 2.05) is 13.8 Å². The van der Waals surface area contributed by atoms with Crippen LogP contribution in [0.15, 0.2) is 29.4 Å². The molecule has 0 spiro atoms. The van der Waals surface area contributed by atoms with Gasteiger partial charge in [0.05, 0.1) is 5.71 Å². The molecule has 0 saturated heterocycles. The fraction of sp³-hybridized carbons (Fsp3) is 0.429. The second-order valence-corrected chi connectivity index (χ2v) is 5.17. The molecule has 102 valence electrons. The molecule has 1 N–H and O–H groups in total. The van der Waals surface area contributed by atoms with Gasteiger partial charge in [0.1, 0.15) is 5.82 Å². The molecule has 5 heteroatoms. The molecule has 1 aromatic carbocycles. The number of oxime groups is 1. The van der Waals surface area contributed by atoms with Crippen LogP contribution in [0.4, 0.5) is 4.39 Å². The summed E-state index contributed by atoms with van der Waals surface area (Å²) >= 11 is 0. The van der Waals surface area contributed by atoms with Crippen molar-refractivity contribution in [3.8, 4) is 0 Å². The third-order valence-corrected chi connectivity index (χ3v) is 2.94. The number of carbonyl (C=O) groups excluding carboxylic acids is 1. The zero-order chi connectivity index (χ0) is 14.0. The van der Waals surface area contributed by atoms with Gasteiger partial charge >= 0.3 is 0 Å². The first-order valence-electron chi connectivity index (χ1n) is 6.23. The molecule has 0 bridgehead atoms. The molecule has 0 aromatic heterocycles. The van der Waals surface area contributed by atoms with Crippen LogP contribution in [0.2, 0.25) is 0 Å². The normalized spacial score (nSPS) is 22.1. The summed E-state index contributed by atoms with van der Waals surface area (Å²) in [6.07, 6.45) is 0.372. The first kappa shape index (κ1) is 13.5. The molecule has 1 unspecified atom stereocenters. The summed E-state index contributed by atoms with van der Waals surface area (Å²) in [6, 6.07) is 6.03. The Kier molecular flexibility index (Phi) is 3.55. The second-order valence-electron chi connectivity index (χ2n) is 5.17. The number of benzene rings is 1. The summed E-state index contributed by atoms with van der Waals surface area (Å²) in [6.45, 7) is 5.47. The average molecular weight is 264 g/mol. The molecule has 2 rings (SSSR count). The van der Waals surface area contributed by atoms with Gasteiger partial charge in [-0.25, -0.2) is 4.39 Å². The highest BCUT2D eigenvalue weighted by molar-refractivity contribution is 6.05. The SMILES string of the molecule is CC(C)NC(=O)C1(C)CC(c2ccc(F)cc2)=NO1. The second kappa shape index (κ2) is 4.99. The number of amides is 1. The molecule has 1 heterocycles. The predicted molar refractivity (Wildman–Crippen MR) is 70.3 cm³/mol. The van der Waals surface area contributed by atoms with Crippen LogP contribution in [0, 0.1) is 5.82 Å². The first-order chi connectivity index (χ1) is 8.90. The summed E-state index contributed by atoms with van der Waals surface area (Å²) in [5, 5.41) is 6.76. The lowest BCUT2D eigenvalue weighted by atomic mass is 9.95. The third-order valence-electron chi connectivity index (χ3n) is 2.94. The average Bonchev–Trinajstić information content (AvgIpc) is 2.73. The van der Waals surface area contributed by atoms with E-state index >= 15 is 0 Å². The molecule has 1 aliphatic rings. The highest BCUT2D eigenvalue weighted by atomic mass is 19.1. The molecule has 1 atom stereocenters. The fourth-order valence-corrected chi connectivity index (χ4v) is 1.87. The Balaban J connectivity index is 2.09. The van der Waals surface area contributed by atoms with Crippen molar-refractivity contribution in [1.82, 2.24) is 5.32 Å². The number of nitrogens with zero attached hydrogens (tertiary/aromatic N) is 1. The number of hydrogen-bond donors (Lipinski definition) is 1. The van der Waals surface area contributed by atoms with Crippen LogP contribution < -0.4 is 5.32 Å². The van der Waals surface area contributed by atoms with E-state index < -0.39 is 5.60 Å². The molecule has 0 radical (unpaired) electrons. The van der Waals surface area contributed by atoms with E-state index in [9.17, 15) is 9.18 Å². The quantitative estimate of drug-likeness (QED) is 0.910. The van der Waals surface area contributed by atoms with E-state index in [-0.39, 0.29) is 17.8 Å². The van der Waals surface area contributed by atoms with Crippen molar-refractivity contribution in [2.75, 3.05) is 0 Å². The summed E-state index contributed by atoms with van der Waals surface area (Å²) in [5.41, 5.74) is 0.428. The lowest BCUT2D eigenvalue weighted by Gasteiger charge is -2.21. The molecule has 0 fully saturated rings. The fourth-order valence-electron chi connectivity index (χ4n) is 1.87. The van der Waals surface area contributed by atoms with Crippen LogP contribution in [0.3, 0.4) is 0 Å². The minimum Gasteiger partial charge on any atom is -0.379 e. The van der Waals surface area contributed by atoms with Crippen LogP contribution in [0.5, 0.6) is 0 Å². The maximum Gasteiger partial charge on any atom is 0.267 e. The molecule has 1 aliphatic heterocycles. The Labute approximate surface area is 111 Å². The summed E-state index contributed by atoms with van der Waals surface area (Å²) < 4.78 is 12.9. The first-order valence-corrected chi connectivity index (χ1v) is 6.23. The van der Waals surface area contributed by atoms with Crippen molar-refractivity contribution in [2.24, 2.45) is 5.16 Å². The van der Waals surface area contributed by atoms with Crippen LogP contribution in [-0.2, 0) is 9.63 Å². The molecular formula is C14H17FN2O2. The van der Waals surface area contributed by atoms with E-state index in [0.717, 1.165) is 5.56 Å². The van der Waals surface area contributed by atoms with E-state index in [2.05, 4.69) is 10.5 Å². The molecule has 1 amide bonds. The summed E-state index contributed by atoms with van der Waals surface area (Å²) in [5.74, 6) is -0.494. The Morgan fingerprint density at radius 2 is 2.05 bits per heavy atom. The standard InChI is InChI=1S/C14H17FN2O2/c1-9(2)16-13(18)14(3)8-12(17-19-14)10-4-6-11(15)7-5-10/h4-7,9H,8H2,1-3H3,(H,16,18). The van der Waals surface area contributed by atoms with Gasteiger partial charge in [0, 0.05) is 12.5 Å². The van der Waals surface area contributed by atoms with Crippen molar-refractivity contribution in [3.05, 3.63) is 35.6 Å². The van der Waals surface area contributed by atoms with Gasteiger partial charge in [0.25, 0.3) is 5.91 Å². The van der Waals surface area contributed by atoms with Gasteiger partial charge in [0.15, 0.2) is 0 Å². The Morgan fingerprint density at radius 1 is 1.42 bits per heavy atom. The van der Waals surface area contributed by atoms with Crippen LogP contribution in [0.1, 0.15) is 32.8 Å². The number of rotatable bonds is 3. The Hall–Kier alpha value is -1.91. The van der Waals surface area contributed by atoms with Crippen molar-refractivity contribution >= 4 is 11.6 Å². The topological polar surface area (TPSA) is 50.7 Å². The summed E-state index contributed by atoms with van der Waals surface area (Å²) in [7, 11) is 0. The highest BCUT2D eigenvalue weighted by Crippen LogP contribution is 2.27. The number of hydrogen-bond acceptors (Lipinski definition) is 3. The van der Waals surface area contributed by atoms with Crippen LogP contribution in [-0.4, -0.2) is 23.3 Å².